The second kappa shape index (κ2) is 31.3. The quantitative estimate of drug-likeness (QED) is 0.0794. The Labute approximate surface area is 563 Å². The van der Waals surface area contributed by atoms with Gasteiger partial charge in [0.2, 0.25) is 0 Å². The average molecular weight is 1290 g/mol. The van der Waals surface area contributed by atoms with Crippen LogP contribution in [0.5, 0.6) is 0 Å². The van der Waals surface area contributed by atoms with Gasteiger partial charge in [0.05, 0.1) is 36.9 Å². The van der Waals surface area contributed by atoms with Crippen LogP contribution in [0.4, 0.5) is 14.4 Å². The zero-order valence-corrected chi connectivity index (χ0v) is 55.7. The van der Waals surface area contributed by atoms with Crippen LogP contribution in [0, 0.1) is 38.5 Å². The number of aromatic nitrogens is 9. The first-order valence-electron chi connectivity index (χ1n) is 34.8. The van der Waals surface area contributed by atoms with Gasteiger partial charge < -0.3 is 28.9 Å². The summed E-state index contributed by atoms with van der Waals surface area (Å²) >= 11 is 0. The molecule has 18 nitrogen and oxygen atoms in total. The molecule has 3 saturated carbocycles. The highest BCUT2D eigenvalue weighted by molar-refractivity contribution is 5.78. The molecule has 15 rings (SSSR count). The molecule has 0 bridgehead atoms. The first-order chi connectivity index (χ1) is 47.0. The summed E-state index contributed by atoms with van der Waals surface area (Å²) in [5, 5.41) is 26.1. The molecule has 0 radical (unpaired) electrons. The van der Waals surface area contributed by atoms with E-state index in [9.17, 15) is 14.4 Å². The van der Waals surface area contributed by atoms with Gasteiger partial charge in [0, 0.05) is 74.3 Å². The zero-order chi connectivity index (χ0) is 65.7. The molecule has 3 aliphatic heterocycles. The maximum atomic E-state index is 13.5. The van der Waals surface area contributed by atoms with E-state index in [-0.39, 0.29) is 54.5 Å². The third-order valence-corrected chi connectivity index (χ3v) is 19.5. The highest BCUT2D eigenvalue weighted by Gasteiger charge is 2.38. The minimum atomic E-state index is -0.177. The molecule has 96 heavy (non-hydrogen) atoms. The molecule has 3 aromatic heterocycles. The molecule has 18 heteroatoms. The maximum absolute atomic E-state index is 13.5. The van der Waals surface area contributed by atoms with Crippen LogP contribution < -0.4 is 0 Å². The van der Waals surface area contributed by atoms with Gasteiger partial charge in [0.1, 0.15) is 17.1 Å². The van der Waals surface area contributed by atoms with E-state index in [1.807, 2.05) is 106 Å². The lowest BCUT2D eigenvalue weighted by atomic mass is 9.94. The smallest absolute Gasteiger partial charge is 0.362 e. The van der Waals surface area contributed by atoms with Crippen LogP contribution in [-0.2, 0) is 33.5 Å². The molecule has 6 aliphatic rings. The lowest BCUT2D eigenvalue weighted by Crippen LogP contribution is -2.52. The number of carbonyl (C=O) groups is 3. The predicted octanol–water partition coefficient (Wildman–Crippen LogP) is 14.2. The van der Waals surface area contributed by atoms with Gasteiger partial charge in [0.15, 0.2) is 0 Å². The van der Waals surface area contributed by atoms with Crippen LogP contribution >= 0.6 is 0 Å². The van der Waals surface area contributed by atoms with E-state index < -0.39 is 0 Å². The Morgan fingerprint density at radius 1 is 0.385 bits per heavy atom. The number of nitrogens with zero attached hydrogens (tertiary/aromatic N) is 12. The Morgan fingerprint density at radius 3 is 1.04 bits per heavy atom. The Hall–Kier alpha value is -8.97. The summed E-state index contributed by atoms with van der Waals surface area (Å²) < 4.78 is 19.9. The topological polar surface area (TPSA) is 181 Å². The number of aryl methyl sites for hydroxylation is 3. The molecule has 3 saturated heterocycles. The van der Waals surface area contributed by atoms with Crippen molar-refractivity contribution in [3.63, 3.8) is 0 Å². The van der Waals surface area contributed by atoms with Crippen molar-refractivity contribution in [2.45, 2.75) is 154 Å². The van der Waals surface area contributed by atoms with E-state index in [0.29, 0.717) is 54.5 Å². The molecular formula is C78H90N12O6. The third kappa shape index (κ3) is 17.9. The van der Waals surface area contributed by atoms with Crippen LogP contribution in [0.25, 0.3) is 33.8 Å². The molecule has 0 spiro atoms. The molecule has 6 atom stereocenters. The number of benzene rings is 6. The summed E-state index contributed by atoms with van der Waals surface area (Å²) in [6.07, 6.45) is 21.1. The van der Waals surface area contributed by atoms with Crippen molar-refractivity contribution in [2.24, 2.45) is 17.8 Å². The van der Waals surface area contributed by atoms with Gasteiger partial charge in [-0.2, -0.15) is 14.9 Å². The van der Waals surface area contributed by atoms with Crippen molar-refractivity contribution < 1.29 is 28.6 Å². The summed E-state index contributed by atoms with van der Waals surface area (Å²) in [7, 11) is 0. The fourth-order valence-corrected chi connectivity index (χ4v) is 13.1. The van der Waals surface area contributed by atoms with Gasteiger partial charge in [-0.15, -0.1) is 15.3 Å². The van der Waals surface area contributed by atoms with Crippen LogP contribution in [0.1, 0.15) is 110 Å². The molecule has 0 N–H and O–H groups in total. The van der Waals surface area contributed by atoms with Crippen molar-refractivity contribution in [1.82, 2.24) is 59.7 Å². The summed E-state index contributed by atoms with van der Waals surface area (Å²) in [4.78, 5) is 48.8. The fraction of sp³-hybridized carbons (Fsp3) is 0.423. The number of amides is 3. The second-order valence-electron chi connectivity index (χ2n) is 27.4. The Kier molecular flexibility index (Phi) is 21.4. The molecule has 3 amide bonds. The summed E-state index contributed by atoms with van der Waals surface area (Å²) in [5.74, 6) is 2.14. The Bertz CT molecular complexity index is 3540. The highest BCUT2D eigenvalue weighted by Crippen LogP contribution is 2.35. The van der Waals surface area contributed by atoms with Crippen molar-refractivity contribution in [3.8, 4) is 33.8 Å². The van der Waals surface area contributed by atoms with E-state index in [1.54, 1.807) is 18.6 Å². The van der Waals surface area contributed by atoms with E-state index >= 15 is 0 Å². The van der Waals surface area contributed by atoms with E-state index in [2.05, 4.69) is 124 Å². The molecule has 3 aliphatic carbocycles. The van der Waals surface area contributed by atoms with Crippen molar-refractivity contribution >= 4 is 18.1 Å². The van der Waals surface area contributed by atoms with Gasteiger partial charge in [0.25, 0.3) is 0 Å². The largest absolute Gasteiger partial charge is 0.376 e. The second-order valence-corrected chi connectivity index (χ2v) is 27.4. The first kappa shape index (κ1) is 65.7. The number of hydrogen-bond donors (Lipinski definition) is 0. The molecule has 6 heterocycles. The van der Waals surface area contributed by atoms with Crippen LogP contribution in [0.15, 0.2) is 182 Å². The highest BCUT2D eigenvalue weighted by atomic mass is 16.5. The minimum Gasteiger partial charge on any atom is -0.376 e. The average Bonchev–Trinajstić information content (AvgIpc) is 1.79. The van der Waals surface area contributed by atoms with E-state index in [1.165, 1.54) is 86.2 Å². The van der Waals surface area contributed by atoms with Gasteiger partial charge in [-0.1, -0.05) is 195 Å². The number of piperidine rings is 3. The third-order valence-electron chi connectivity index (χ3n) is 19.5. The van der Waals surface area contributed by atoms with Gasteiger partial charge in [-0.25, -0.2) is 14.4 Å². The summed E-state index contributed by atoms with van der Waals surface area (Å²) in [5.41, 5.74) is 12.3. The molecule has 6 fully saturated rings. The first-order valence-corrected chi connectivity index (χ1v) is 34.8. The fourth-order valence-electron chi connectivity index (χ4n) is 13.1. The van der Waals surface area contributed by atoms with Crippen LogP contribution in [0.3, 0.4) is 0 Å². The number of hydrogen-bond acceptors (Lipinski definition) is 12. The number of carbonyl (C=O) groups excluding carboxylic acids is 3. The van der Waals surface area contributed by atoms with E-state index in [4.69, 9.17) is 14.2 Å². The standard InChI is InChI=1S/3C26H30N4O2/c2*1-19-7-11-22(12-8-19)25-16-27-30(28-25)26(31)29-17-24(32-18-21-9-10-21)14-13-23(29)15-20-5-3-2-4-6-20;1-19-7-11-22(12-8-19)25-17-30(28-27-25)26(31)29-16-24(32-18-21-9-10-21)14-13-23(29)15-20-5-3-2-4-6-20/h2*2-8,11-12,16,21,23-24H,9-10,13-15,17-18H2,1H3;2-8,11-12,17,21,23-24H,9-10,13-16,18H2,1H3/t23-,24+;23-,24-;23-,24+/m111/s1. The van der Waals surface area contributed by atoms with Gasteiger partial charge in [-0.3, -0.25) is 0 Å². The number of rotatable bonds is 18. The lowest BCUT2D eigenvalue weighted by Gasteiger charge is -2.39. The van der Waals surface area contributed by atoms with Crippen LogP contribution in [0.2, 0.25) is 0 Å². The van der Waals surface area contributed by atoms with E-state index in [0.717, 1.165) is 94.3 Å². The molecule has 498 valence electrons. The monoisotopic (exact) mass is 1290 g/mol. The normalized spacial score (nSPS) is 21.0. The predicted molar refractivity (Wildman–Crippen MR) is 370 cm³/mol. The number of likely N-dealkylation sites (tertiary alicyclic amines) is 3. The van der Waals surface area contributed by atoms with Crippen LogP contribution in [-0.4, -0.2) is 154 Å². The lowest BCUT2D eigenvalue weighted by molar-refractivity contribution is -0.0113. The molecule has 0 unspecified atom stereocenters. The molecule has 9 aromatic rings. The van der Waals surface area contributed by atoms with Gasteiger partial charge in [-0.05, 0) is 152 Å². The summed E-state index contributed by atoms with van der Waals surface area (Å²) in [6, 6.07) is 55.3. The minimum absolute atomic E-state index is 0.0821. The SMILES string of the molecule is Cc1ccc(-c2cn(C(=O)N3C[C@@H](OCC4CC4)CC[C@@H]3Cc3ccccc3)nn2)cc1.Cc1ccc(-c2cnn(C(=O)N3C[C@@H](OCC4CC4)CC[C@@H]3Cc3ccccc3)n2)cc1.Cc1ccc(-c2cnn(C(=O)N3C[C@H](OCC4CC4)CC[C@@H]3Cc3ccccc3)n2)cc1. The van der Waals surface area contributed by atoms with Crippen molar-refractivity contribution in [3.05, 3.63) is 216 Å². The van der Waals surface area contributed by atoms with Gasteiger partial charge >= 0.3 is 18.1 Å². The number of ether oxygens (including phenoxy) is 3. The Morgan fingerprint density at radius 2 is 0.708 bits per heavy atom. The maximum Gasteiger partial charge on any atom is 0.362 e. The van der Waals surface area contributed by atoms with Crippen molar-refractivity contribution in [2.75, 3.05) is 39.5 Å². The van der Waals surface area contributed by atoms with Crippen molar-refractivity contribution in [1.29, 1.82) is 0 Å². The summed E-state index contributed by atoms with van der Waals surface area (Å²) in [6.45, 7) is 10.4. The molecular weight excluding hydrogens is 1200 g/mol. The zero-order valence-electron chi connectivity index (χ0n) is 55.7. The molecule has 6 aromatic carbocycles. The Balaban J connectivity index is 0.000000130.